The third-order valence-electron chi connectivity index (χ3n) is 2.52. The van der Waals surface area contributed by atoms with Crippen LogP contribution in [0.2, 0.25) is 5.02 Å². The van der Waals surface area contributed by atoms with Crippen LogP contribution < -0.4 is 4.31 Å². The minimum Gasteiger partial charge on any atom is -0.243 e. The molecule has 0 aliphatic carbocycles. The molecule has 0 unspecified atom stereocenters. The number of benzene rings is 1. The topological polar surface area (TPSA) is 63.2 Å². The van der Waals surface area contributed by atoms with Crippen LogP contribution in [0.4, 0.5) is 18.3 Å². The van der Waals surface area contributed by atoms with Gasteiger partial charge in [-0.25, -0.2) is 12.7 Å². The van der Waals surface area contributed by atoms with Crippen molar-refractivity contribution in [3.63, 3.8) is 0 Å². The molecule has 0 amide bonds. The molecule has 0 N–H and O–H groups in total. The Hall–Kier alpha value is -1.39. The van der Waals surface area contributed by atoms with E-state index in [1.165, 1.54) is 12.6 Å². The van der Waals surface area contributed by atoms with E-state index in [0.29, 0.717) is 6.07 Å². The third-order valence-corrected chi connectivity index (χ3v) is 5.47. The SMILES string of the molecule is CN(c1nncs1)S(=O)(=O)c1ccc(Cl)c(C(F)(F)F)c1. The quantitative estimate of drug-likeness (QED) is 0.847. The maximum Gasteiger partial charge on any atom is 0.417 e. The molecule has 1 aromatic heterocycles. The van der Waals surface area contributed by atoms with E-state index in [-0.39, 0.29) is 5.13 Å². The van der Waals surface area contributed by atoms with E-state index in [4.69, 9.17) is 11.6 Å². The first kappa shape index (κ1) is 16.0. The average Bonchev–Trinajstić information content (AvgIpc) is 2.90. The number of nitrogens with zero attached hydrogens (tertiary/aromatic N) is 3. The van der Waals surface area contributed by atoms with Crippen LogP contribution >= 0.6 is 22.9 Å². The zero-order valence-corrected chi connectivity index (χ0v) is 12.7. The third kappa shape index (κ3) is 3.11. The van der Waals surface area contributed by atoms with Crippen LogP contribution in [0.1, 0.15) is 5.56 Å². The minimum atomic E-state index is -4.75. The van der Waals surface area contributed by atoms with Crippen LogP contribution in [0.5, 0.6) is 0 Å². The molecule has 11 heteroatoms. The van der Waals surface area contributed by atoms with Gasteiger partial charge in [-0.2, -0.15) is 13.2 Å². The van der Waals surface area contributed by atoms with E-state index in [2.05, 4.69) is 10.2 Å². The van der Waals surface area contributed by atoms with Crippen molar-refractivity contribution in [3.8, 4) is 0 Å². The average molecular weight is 358 g/mol. The fourth-order valence-corrected chi connectivity index (χ4v) is 3.59. The highest BCUT2D eigenvalue weighted by atomic mass is 35.5. The van der Waals surface area contributed by atoms with Gasteiger partial charge in [0.05, 0.1) is 15.5 Å². The largest absolute Gasteiger partial charge is 0.417 e. The second-order valence-corrected chi connectivity index (χ2v) is 7.02. The van der Waals surface area contributed by atoms with Crippen molar-refractivity contribution in [1.82, 2.24) is 10.2 Å². The van der Waals surface area contributed by atoms with Gasteiger partial charge in [0.2, 0.25) is 5.13 Å². The number of halogens is 4. The van der Waals surface area contributed by atoms with Crippen molar-refractivity contribution in [2.24, 2.45) is 0 Å². The number of sulfonamides is 1. The van der Waals surface area contributed by atoms with E-state index in [9.17, 15) is 21.6 Å². The number of rotatable bonds is 3. The van der Waals surface area contributed by atoms with Crippen LogP contribution in [-0.2, 0) is 16.2 Å². The molecule has 0 radical (unpaired) electrons. The lowest BCUT2D eigenvalue weighted by Gasteiger charge is -2.17. The summed E-state index contributed by atoms with van der Waals surface area (Å²) in [5.74, 6) is 0. The molecule has 21 heavy (non-hydrogen) atoms. The highest BCUT2D eigenvalue weighted by molar-refractivity contribution is 7.93. The Morgan fingerprint density at radius 2 is 2.00 bits per heavy atom. The molecule has 0 bridgehead atoms. The molecule has 0 atom stereocenters. The Bertz CT molecular complexity index is 747. The van der Waals surface area contributed by atoms with Crippen molar-refractivity contribution in [1.29, 1.82) is 0 Å². The van der Waals surface area contributed by atoms with Crippen molar-refractivity contribution >= 4 is 38.1 Å². The Labute approximate surface area is 127 Å². The monoisotopic (exact) mass is 357 g/mol. The molecule has 2 aromatic rings. The summed E-state index contributed by atoms with van der Waals surface area (Å²) in [6, 6.07) is 2.39. The van der Waals surface area contributed by atoms with Crippen LogP contribution in [0.3, 0.4) is 0 Å². The molecule has 1 heterocycles. The zero-order valence-electron chi connectivity index (χ0n) is 10.3. The molecular formula is C10H7ClF3N3O2S2. The molecule has 0 spiro atoms. The molecule has 1 aromatic carbocycles. The van der Waals surface area contributed by atoms with Gasteiger partial charge in [-0.1, -0.05) is 22.9 Å². The lowest BCUT2D eigenvalue weighted by Crippen LogP contribution is -2.26. The summed E-state index contributed by atoms with van der Waals surface area (Å²) in [5, 5.41) is 6.52. The van der Waals surface area contributed by atoms with Gasteiger partial charge in [-0.15, -0.1) is 10.2 Å². The summed E-state index contributed by atoms with van der Waals surface area (Å²) in [6.07, 6.45) is -4.75. The van der Waals surface area contributed by atoms with Gasteiger partial charge < -0.3 is 0 Å². The van der Waals surface area contributed by atoms with E-state index in [0.717, 1.165) is 27.8 Å². The highest BCUT2D eigenvalue weighted by Crippen LogP contribution is 2.36. The maximum absolute atomic E-state index is 12.8. The fourth-order valence-electron chi connectivity index (χ4n) is 1.45. The Kier molecular flexibility index (Phi) is 4.13. The van der Waals surface area contributed by atoms with E-state index >= 15 is 0 Å². The summed E-state index contributed by atoms with van der Waals surface area (Å²) in [7, 11) is -3.00. The summed E-state index contributed by atoms with van der Waals surface area (Å²) >= 11 is 6.40. The fraction of sp³-hybridized carbons (Fsp3) is 0.200. The number of aromatic nitrogens is 2. The molecule has 0 fully saturated rings. The van der Waals surface area contributed by atoms with Gasteiger partial charge in [-0.3, -0.25) is 0 Å². The van der Waals surface area contributed by atoms with E-state index in [1.54, 1.807) is 0 Å². The first-order chi connectivity index (χ1) is 9.64. The Morgan fingerprint density at radius 1 is 1.33 bits per heavy atom. The molecule has 114 valence electrons. The Morgan fingerprint density at radius 3 is 2.52 bits per heavy atom. The molecular weight excluding hydrogens is 351 g/mol. The van der Waals surface area contributed by atoms with Gasteiger partial charge in [0.15, 0.2) is 0 Å². The second-order valence-electron chi connectivity index (χ2n) is 3.83. The number of anilines is 1. The van der Waals surface area contributed by atoms with Crippen molar-refractivity contribution in [3.05, 3.63) is 34.3 Å². The second kappa shape index (κ2) is 5.43. The normalized spacial score (nSPS) is 12.4. The van der Waals surface area contributed by atoms with Crippen LogP contribution in [0, 0.1) is 0 Å². The predicted molar refractivity (Wildman–Crippen MR) is 72.0 cm³/mol. The van der Waals surface area contributed by atoms with E-state index < -0.39 is 31.7 Å². The van der Waals surface area contributed by atoms with Crippen molar-refractivity contribution in [2.75, 3.05) is 11.4 Å². The summed E-state index contributed by atoms with van der Waals surface area (Å²) in [6.45, 7) is 0. The molecule has 5 nitrogen and oxygen atoms in total. The minimum absolute atomic E-state index is 0.0403. The molecule has 0 saturated heterocycles. The maximum atomic E-state index is 12.8. The summed E-state index contributed by atoms with van der Waals surface area (Å²) in [5.41, 5.74) is 0.0978. The van der Waals surface area contributed by atoms with Crippen LogP contribution in [0.15, 0.2) is 28.6 Å². The van der Waals surface area contributed by atoms with Gasteiger partial charge in [-0.05, 0) is 18.2 Å². The van der Waals surface area contributed by atoms with Crippen molar-refractivity contribution in [2.45, 2.75) is 11.1 Å². The number of alkyl halides is 3. The zero-order chi connectivity index (χ0) is 15.8. The van der Waals surface area contributed by atoms with Gasteiger partial charge in [0, 0.05) is 7.05 Å². The highest BCUT2D eigenvalue weighted by Gasteiger charge is 2.35. The first-order valence-electron chi connectivity index (χ1n) is 5.26. The standard InChI is InChI=1S/C10H7ClF3N3O2S2/c1-17(9-16-15-5-20-9)21(18,19)6-2-3-8(11)7(4-6)10(12,13)14/h2-5H,1H3. The summed E-state index contributed by atoms with van der Waals surface area (Å²) in [4.78, 5) is -0.531. The molecule has 0 aliphatic heterocycles. The van der Waals surface area contributed by atoms with Gasteiger partial charge >= 0.3 is 6.18 Å². The lowest BCUT2D eigenvalue weighted by atomic mass is 10.2. The Balaban J connectivity index is 2.51. The summed E-state index contributed by atoms with van der Waals surface area (Å²) < 4.78 is 63.6. The first-order valence-corrected chi connectivity index (χ1v) is 7.95. The predicted octanol–water partition coefficient (Wildman–Crippen LogP) is 3.04. The van der Waals surface area contributed by atoms with Gasteiger partial charge in [0.25, 0.3) is 10.0 Å². The van der Waals surface area contributed by atoms with Crippen LogP contribution in [0.25, 0.3) is 0 Å². The smallest absolute Gasteiger partial charge is 0.243 e. The van der Waals surface area contributed by atoms with Crippen molar-refractivity contribution < 1.29 is 21.6 Å². The molecule has 0 saturated carbocycles. The van der Waals surface area contributed by atoms with Gasteiger partial charge in [0.1, 0.15) is 5.51 Å². The molecule has 2 rings (SSSR count). The lowest BCUT2D eigenvalue weighted by molar-refractivity contribution is -0.137. The molecule has 0 aliphatic rings. The van der Waals surface area contributed by atoms with Crippen LogP contribution in [-0.4, -0.2) is 25.7 Å². The number of hydrogen-bond acceptors (Lipinski definition) is 5. The van der Waals surface area contributed by atoms with E-state index in [1.807, 2.05) is 0 Å². The number of hydrogen-bond donors (Lipinski definition) is 0.